The normalized spacial score (nSPS) is 11.0. The van der Waals surface area contributed by atoms with Crippen molar-refractivity contribution in [2.75, 3.05) is 18.5 Å². The van der Waals surface area contributed by atoms with E-state index in [1.54, 1.807) is 0 Å². The second-order valence-electron chi connectivity index (χ2n) is 5.12. The smallest absolute Gasteiger partial charge is 0.133 e. The Morgan fingerprint density at radius 2 is 2.00 bits per heavy atom. The Kier molecular flexibility index (Phi) is 5.26. The van der Waals surface area contributed by atoms with E-state index >= 15 is 0 Å². The zero-order valence-corrected chi connectivity index (χ0v) is 12.3. The third-order valence-corrected chi connectivity index (χ3v) is 3.26. The van der Waals surface area contributed by atoms with E-state index in [2.05, 4.69) is 43.8 Å². The van der Waals surface area contributed by atoms with E-state index in [4.69, 9.17) is 11.6 Å². The fourth-order valence-corrected chi connectivity index (χ4v) is 2.21. The zero-order valence-electron chi connectivity index (χ0n) is 11.5. The minimum Gasteiger partial charge on any atom is -0.359 e. The number of hydrogen-bond acceptors (Lipinski definition) is 2. The number of alkyl halides is 1. The quantitative estimate of drug-likeness (QED) is 0.741. The van der Waals surface area contributed by atoms with Gasteiger partial charge in [-0.3, -0.25) is 0 Å². The summed E-state index contributed by atoms with van der Waals surface area (Å²) in [6.07, 6.45) is 1.17. The van der Waals surface area contributed by atoms with Crippen LogP contribution in [0.3, 0.4) is 0 Å². The van der Waals surface area contributed by atoms with Gasteiger partial charge in [0, 0.05) is 24.8 Å². The van der Waals surface area contributed by atoms with Gasteiger partial charge < -0.3 is 4.90 Å². The summed E-state index contributed by atoms with van der Waals surface area (Å²) in [5, 5.41) is 0. The van der Waals surface area contributed by atoms with Gasteiger partial charge in [0.15, 0.2) is 0 Å². The molecule has 0 aliphatic carbocycles. The number of halogens is 1. The first-order chi connectivity index (χ1) is 7.95. The summed E-state index contributed by atoms with van der Waals surface area (Å²) in [6, 6.07) is 2.09. The summed E-state index contributed by atoms with van der Waals surface area (Å²) in [6.45, 7) is 9.64. The Hall–Kier alpha value is -0.760. The van der Waals surface area contributed by atoms with E-state index in [1.165, 1.54) is 12.0 Å². The van der Waals surface area contributed by atoms with E-state index in [0.29, 0.717) is 11.8 Å². The summed E-state index contributed by atoms with van der Waals surface area (Å²) in [5.41, 5.74) is 3.45. The van der Waals surface area contributed by atoms with Crippen molar-refractivity contribution in [2.24, 2.45) is 5.92 Å². The monoisotopic (exact) mass is 254 g/mol. The van der Waals surface area contributed by atoms with Gasteiger partial charge in [-0.25, -0.2) is 4.98 Å². The standard InChI is InChI=1S/C14H23ClN2/c1-10(2)6-7-17(5)14-13(9-15)11(3)8-12(4)16-14/h8,10H,6-7,9H2,1-5H3. The van der Waals surface area contributed by atoms with Gasteiger partial charge in [-0.05, 0) is 37.8 Å². The van der Waals surface area contributed by atoms with Gasteiger partial charge in [0.05, 0.1) is 5.88 Å². The van der Waals surface area contributed by atoms with Crippen molar-refractivity contribution in [3.05, 3.63) is 22.9 Å². The SMILES string of the molecule is Cc1cc(C)c(CCl)c(N(C)CCC(C)C)n1. The van der Waals surface area contributed by atoms with Crippen LogP contribution in [0.2, 0.25) is 0 Å². The van der Waals surface area contributed by atoms with Crippen LogP contribution in [0, 0.1) is 19.8 Å². The number of rotatable bonds is 5. The largest absolute Gasteiger partial charge is 0.359 e. The van der Waals surface area contributed by atoms with Gasteiger partial charge in [-0.1, -0.05) is 13.8 Å². The molecule has 1 aromatic heterocycles. The van der Waals surface area contributed by atoms with Crippen LogP contribution >= 0.6 is 11.6 Å². The lowest BCUT2D eigenvalue weighted by atomic mass is 10.1. The highest BCUT2D eigenvalue weighted by atomic mass is 35.5. The third kappa shape index (κ3) is 3.88. The van der Waals surface area contributed by atoms with Crippen molar-refractivity contribution >= 4 is 17.4 Å². The van der Waals surface area contributed by atoms with Gasteiger partial charge in [0.25, 0.3) is 0 Å². The molecule has 0 amide bonds. The first-order valence-corrected chi connectivity index (χ1v) is 6.73. The van der Waals surface area contributed by atoms with Crippen LogP contribution in [0.5, 0.6) is 0 Å². The van der Waals surface area contributed by atoms with Crippen LogP contribution in [-0.2, 0) is 5.88 Å². The number of aromatic nitrogens is 1. The van der Waals surface area contributed by atoms with Crippen molar-refractivity contribution in [1.29, 1.82) is 0 Å². The number of pyridine rings is 1. The highest BCUT2D eigenvalue weighted by molar-refractivity contribution is 6.17. The van der Waals surface area contributed by atoms with Crippen LogP contribution in [0.15, 0.2) is 6.07 Å². The minimum atomic E-state index is 0.528. The molecule has 1 aromatic rings. The van der Waals surface area contributed by atoms with E-state index in [9.17, 15) is 0 Å². The van der Waals surface area contributed by atoms with Crippen molar-refractivity contribution in [3.8, 4) is 0 Å². The fourth-order valence-electron chi connectivity index (χ4n) is 1.88. The molecule has 0 bridgehead atoms. The molecular formula is C14H23ClN2. The average molecular weight is 255 g/mol. The molecule has 0 fully saturated rings. The Morgan fingerprint density at radius 1 is 1.35 bits per heavy atom. The van der Waals surface area contributed by atoms with Crippen LogP contribution in [0.25, 0.3) is 0 Å². The molecule has 0 aliphatic rings. The molecule has 0 saturated carbocycles. The van der Waals surface area contributed by atoms with Crippen LogP contribution < -0.4 is 4.90 Å². The second-order valence-corrected chi connectivity index (χ2v) is 5.39. The number of anilines is 1. The van der Waals surface area contributed by atoms with Crippen molar-refractivity contribution in [2.45, 2.75) is 40.0 Å². The second kappa shape index (κ2) is 6.25. The fraction of sp³-hybridized carbons (Fsp3) is 0.643. The molecule has 0 radical (unpaired) electrons. The molecule has 0 aliphatic heterocycles. The maximum absolute atomic E-state index is 6.03. The maximum Gasteiger partial charge on any atom is 0.133 e. The van der Waals surface area contributed by atoms with Crippen molar-refractivity contribution in [3.63, 3.8) is 0 Å². The Bertz CT molecular complexity index is 375. The maximum atomic E-state index is 6.03. The highest BCUT2D eigenvalue weighted by Crippen LogP contribution is 2.24. The minimum absolute atomic E-state index is 0.528. The van der Waals surface area contributed by atoms with E-state index in [1.807, 2.05) is 6.92 Å². The average Bonchev–Trinajstić information content (AvgIpc) is 2.24. The zero-order chi connectivity index (χ0) is 13.0. The molecule has 0 unspecified atom stereocenters. The predicted molar refractivity (Wildman–Crippen MR) is 76.0 cm³/mol. The summed E-state index contributed by atoms with van der Waals surface area (Å²) in [5.74, 6) is 2.28. The lowest BCUT2D eigenvalue weighted by Gasteiger charge is -2.23. The summed E-state index contributed by atoms with van der Waals surface area (Å²) >= 11 is 6.03. The van der Waals surface area contributed by atoms with Gasteiger partial charge in [-0.2, -0.15) is 0 Å². The first-order valence-electron chi connectivity index (χ1n) is 6.20. The van der Waals surface area contributed by atoms with E-state index in [-0.39, 0.29) is 0 Å². The molecule has 0 atom stereocenters. The molecule has 0 saturated heterocycles. The molecule has 17 heavy (non-hydrogen) atoms. The summed E-state index contributed by atoms with van der Waals surface area (Å²) in [4.78, 5) is 6.84. The molecule has 96 valence electrons. The molecule has 1 rings (SSSR count). The molecule has 0 aromatic carbocycles. The lowest BCUT2D eigenvalue weighted by Crippen LogP contribution is -2.23. The first kappa shape index (κ1) is 14.3. The van der Waals surface area contributed by atoms with Crippen molar-refractivity contribution < 1.29 is 0 Å². The van der Waals surface area contributed by atoms with Gasteiger partial charge in [-0.15, -0.1) is 11.6 Å². The summed E-state index contributed by atoms with van der Waals surface area (Å²) in [7, 11) is 2.10. The highest BCUT2D eigenvalue weighted by Gasteiger charge is 2.12. The van der Waals surface area contributed by atoms with Gasteiger partial charge in [0.1, 0.15) is 5.82 Å². The van der Waals surface area contributed by atoms with E-state index in [0.717, 1.165) is 23.6 Å². The molecule has 2 nitrogen and oxygen atoms in total. The van der Waals surface area contributed by atoms with Crippen LogP contribution in [0.4, 0.5) is 5.82 Å². The topological polar surface area (TPSA) is 16.1 Å². The molecule has 1 heterocycles. The van der Waals surface area contributed by atoms with Crippen LogP contribution in [-0.4, -0.2) is 18.6 Å². The van der Waals surface area contributed by atoms with Gasteiger partial charge >= 0.3 is 0 Å². The molecule has 0 N–H and O–H groups in total. The third-order valence-electron chi connectivity index (χ3n) is 2.99. The van der Waals surface area contributed by atoms with Crippen LogP contribution in [0.1, 0.15) is 37.1 Å². The Labute approximate surface area is 110 Å². The Morgan fingerprint density at radius 3 is 2.53 bits per heavy atom. The summed E-state index contributed by atoms with van der Waals surface area (Å²) < 4.78 is 0. The number of nitrogens with zero attached hydrogens (tertiary/aromatic N) is 2. The van der Waals surface area contributed by atoms with E-state index < -0.39 is 0 Å². The lowest BCUT2D eigenvalue weighted by molar-refractivity contribution is 0.583. The molecule has 0 spiro atoms. The number of aryl methyl sites for hydroxylation is 2. The number of hydrogen-bond donors (Lipinski definition) is 0. The molecule has 3 heteroatoms. The van der Waals surface area contributed by atoms with Gasteiger partial charge in [0.2, 0.25) is 0 Å². The Balaban J connectivity index is 2.95. The molecular weight excluding hydrogens is 232 g/mol. The predicted octanol–water partition coefficient (Wildman–Crippen LogP) is 3.92. The van der Waals surface area contributed by atoms with Crippen molar-refractivity contribution in [1.82, 2.24) is 4.98 Å².